The fourth-order valence-corrected chi connectivity index (χ4v) is 0. The summed E-state index contributed by atoms with van der Waals surface area (Å²) in [6.07, 6.45) is 0. The van der Waals surface area contributed by atoms with Crippen LogP contribution in [0.2, 0.25) is 0 Å². The Kier molecular flexibility index (Phi) is 18.2. The van der Waals surface area contributed by atoms with Crippen LogP contribution in [-0.2, 0) is 22.7 Å². The van der Waals surface area contributed by atoms with Crippen molar-refractivity contribution in [1.29, 1.82) is 0 Å². The average Bonchev–Trinajstić information content (AvgIpc) is 0.722. The molecule has 7 heteroatoms. The van der Waals surface area contributed by atoms with E-state index in [9.17, 15) is 10.5 Å². The van der Waals surface area contributed by atoms with Crippen molar-refractivity contribution in [3.05, 3.63) is 0 Å². The zero-order valence-corrected chi connectivity index (χ0v) is 10.5. The monoisotopic (exact) mass is 381 g/mol. The number of halogens is 4. The van der Waals surface area contributed by atoms with Gasteiger partial charge in [0, 0.05) is 36.9 Å². The number of rotatable bonds is 0. The fraction of sp³-hybridized carbons (Fsp3) is 0. The minimum atomic E-state index is -7.18. The third-order valence-corrected chi connectivity index (χ3v) is 0. The maximum absolute atomic E-state index is 9.90. The molecule has 0 aliphatic rings. The predicted octanol–water partition coefficient (Wildman–Crippen LogP) is -1.21. The Morgan fingerprint density at radius 1 is 1.00 bits per heavy atom. The standard InChI is InChI=1S/4FH.K.Lu.Zr.H/h4*1H;;;;/q;;;;+1;;+4;-1/p-4. The largest absolute Gasteiger partial charge is 1.00 e. The molecule has 0 N–H and O–H groups in total. The van der Waals surface area contributed by atoms with Gasteiger partial charge >= 0.3 is 84.6 Å². The molecule has 0 spiro atoms. The molecule has 0 rings (SSSR count). The molecular weight excluding hydrogens is 381 g/mol. The molecule has 0 aliphatic carbocycles. The van der Waals surface area contributed by atoms with Crippen molar-refractivity contribution in [2.75, 3.05) is 0 Å². The second-order valence-electron chi connectivity index (χ2n) is 0.429. The molecule has 0 atom stereocenters. The summed E-state index contributed by atoms with van der Waals surface area (Å²) in [4.78, 5) is 0. The van der Waals surface area contributed by atoms with E-state index in [0.717, 1.165) is 0 Å². The second kappa shape index (κ2) is 7.58. The van der Waals surface area contributed by atoms with Crippen LogP contribution in [0.5, 0.6) is 0 Å². The molecule has 0 saturated carbocycles. The smallest absolute Gasteiger partial charge is 1.00 e. The fourth-order valence-electron chi connectivity index (χ4n) is 0. The molecule has 0 fully saturated rings. The summed E-state index contributed by atoms with van der Waals surface area (Å²) in [6, 6.07) is 0. The molecule has 0 aromatic heterocycles. The van der Waals surface area contributed by atoms with Gasteiger partial charge in [-0.25, -0.2) is 0 Å². The molecule has 0 bridgehead atoms. The topological polar surface area (TPSA) is 0 Å². The Balaban J connectivity index is -0.0000000267. The van der Waals surface area contributed by atoms with Crippen LogP contribution in [0.15, 0.2) is 0 Å². The minimum Gasteiger partial charge on any atom is -1.00 e. The maximum atomic E-state index is 9.90. The van der Waals surface area contributed by atoms with E-state index in [4.69, 9.17) is 0 Å². The molecule has 0 saturated heterocycles. The van der Waals surface area contributed by atoms with Gasteiger partial charge in [-0.3, -0.25) is 0 Å². The van der Waals surface area contributed by atoms with Crippen LogP contribution < -0.4 is 51.4 Å². The van der Waals surface area contributed by atoms with Gasteiger partial charge in [0.2, 0.25) is 0 Å². The van der Waals surface area contributed by atoms with Crippen molar-refractivity contribution in [1.82, 2.24) is 0 Å². The van der Waals surface area contributed by atoms with Gasteiger partial charge in [-0.05, 0) is 0 Å². The van der Waals surface area contributed by atoms with E-state index >= 15 is 0 Å². The first-order valence-corrected chi connectivity index (χ1v) is 4.47. The summed E-state index contributed by atoms with van der Waals surface area (Å²) in [6.45, 7) is 0. The van der Waals surface area contributed by atoms with Gasteiger partial charge in [0.05, 0.1) is 0 Å². The maximum Gasteiger partial charge on any atom is 1.00 e. The van der Waals surface area contributed by atoms with Crippen molar-refractivity contribution < 1.29 is 123 Å². The Labute approximate surface area is 119 Å². The predicted molar refractivity (Wildman–Crippen MR) is 5.54 cm³/mol. The third-order valence-electron chi connectivity index (χ3n) is 0. The van der Waals surface area contributed by atoms with Gasteiger partial charge < -0.3 is 1.43 Å². The van der Waals surface area contributed by atoms with Crippen LogP contribution in [-0.4, -0.2) is 0 Å². The van der Waals surface area contributed by atoms with Crippen molar-refractivity contribution in [2.24, 2.45) is 0 Å². The quantitative estimate of drug-likeness (QED) is 0.365. The zero-order valence-electron chi connectivity index (χ0n) is 4.27. The molecule has 7 heavy (non-hydrogen) atoms. The Morgan fingerprint density at radius 2 is 1.00 bits per heavy atom. The van der Waals surface area contributed by atoms with Gasteiger partial charge in [-0.2, -0.15) is 0 Å². The van der Waals surface area contributed by atoms with Crippen LogP contribution in [0.25, 0.3) is 0 Å². The number of hydrogen-bond acceptors (Lipinski definition) is 0. The van der Waals surface area contributed by atoms with Gasteiger partial charge in [-0.15, -0.1) is 0 Å². The van der Waals surface area contributed by atoms with E-state index in [0.29, 0.717) is 0 Å². The summed E-state index contributed by atoms with van der Waals surface area (Å²) in [5.74, 6) is 0. The average molecular weight is 382 g/mol. The van der Waals surface area contributed by atoms with Gasteiger partial charge in [0.25, 0.3) is 0 Å². The van der Waals surface area contributed by atoms with E-state index in [1.165, 1.54) is 0 Å². The summed E-state index contributed by atoms with van der Waals surface area (Å²) in [7, 11) is 0. The van der Waals surface area contributed by atoms with E-state index in [1.807, 2.05) is 0 Å². The first kappa shape index (κ1) is 16.8. The van der Waals surface area contributed by atoms with Crippen LogP contribution in [0.3, 0.4) is 0 Å². The Morgan fingerprint density at radius 3 is 1.00 bits per heavy atom. The first-order valence-electron chi connectivity index (χ1n) is 0.756. The summed E-state index contributed by atoms with van der Waals surface area (Å²) >= 11 is -7.18. The molecule has 0 nitrogen and oxygen atoms in total. The summed E-state index contributed by atoms with van der Waals surface area (Å²) in [5, 5.41) is 0. The molecule has 0 aromatic rings. The molecule has 1 radical (unpaired) electrons. The zero-order chi connectivity index (χ0) is 4.50. The van der Waals surface area contributed by atoms with E-state index in [2.05, 4.69) is 0 Å². The molecule has 0 unspecified atom stereocenters. The van der Waals surface area contributed by atoms with Crippen molar-refractivity contribution in [2.45, 2.75) is 0 Å². The molecule has 0 aliphatic heterocycles. The molecular formula is HF4KLuZr. The number of hydrogen-bond donors (Lipinski definition) is 0. The summed E-state index contributed by atoms with van der Waals surface area (Å²) in [5.41, 5.74) is 0. The van der Waals surface area contributed by atoms with Crippen molar-refractivity contribution in [3.63, 3.8) is 0 Å². The Hall–Kier alpha value is 3.47. The molecule has 0 aromatic carbocycles. The van der Waals surface area contributed by atoms with E-state index in [-0.39, 0.29) is 89.7 Å². The van der Waals surface area contributed by atoms with Gasteiger partial charge in [0.15, 0.2) is 0 Å². The van der Waals surface area contributed by atoms with Crippen LogP contribution in [0.1, 0.15) is 1.43 Å². The summed E-state index contributed by atoms with van der Waals surface area (Å²) < 4.78 is 39.6. The minimum absolute atomic E-state index is 0. The van der Waals surface area contributed by atoms with Crippen molar-refractivity contribution >= 4 is 0 Å². The molecule has 49 valence electrons. The van der Waals surface area contributed by atoms with Crippen LogP contribution in [0, 0.1) is 36.9 Å². The van der Waals surface area contributed by atoms with E-state index < -0.39 is 22.7 Å². The Bertz CT molecular complexity index is 31.5. The molecule has 0 amide bonds. The normalized spacial score (nSPS) is 8.57. The first-order chi connectivity index (χ1) is 2.00. The van der Waals surface area contributed by atoms with E-state index in [1.54, 1.807) is 0 Å². The third kappa shape index (κ3) is 43.9. The molecule has 0 heterocycles. The van der Waals surface area contributed by atoms with Gasteiger partial charge in [-0.1, -0.05) is 0 Å². The second-order valence-corrected chi connectivity index (χ2v) is 2.54. The van der Waals surface area contributed by atoms with Crippen molar-refractivity contribution in [3.8, 4) is 0 Å². The SMILES string of the molecule is [F][Zr]([F])([F])[F].[H-].[K+].[Lu]. The van der Waals surface area contributed by atoms with Crippen LogP contribution in [0.4, 0.5) is 10.5 Å². The van der Waals surface area contributed by atoms with Gasteiger partial charge in [0.1, 0.15) is 0 Å². The van der Waals surface area contributed by atoms with Crippen LogP contribution >= 0.6 is 0 Å².